The molecule has 0 aliphatic rings. The summed E-state index contributed by atoms with van der Waals surface area (Å²) in [6.45, 7) is 2.25. The highest BCUT2D eigenvalue weighted by atomic mass is 32.2. The highest BCUT2D eigenvalue weighted by Gasteiger charge is 2.14. The summed E-state index contributed by atoms with van der Waals surface area (Å²) in [6, 6.07) is 6.04. The molecule has 1 rings (SSSR count). The van der Waals surface area contributed by atoms with Crippen LogP contribution in [0.25, 0.3) is 0 Å². The number of carboxylic acid groups (broad SMARTS) is 1. The van der Waals surface area contributed by atoms with Gasteiger partial charge in [0, 0.05) is 20.1 Å². The van der Waals surface area contributed by atoms with E-state index in [0.29, 0.717) is 12.1 Å². The van der Waals surface area contributed by atoms with E-state index in [1.54, 1.807) is 19.1 Å². The van der Waals surface area contributed by atoms with Crippen molar-refractivity contribution in [3.63, 3.8) is 0 Å². The lowest BCUT2D eigenvalue weighted by molar-refractivity contribution is 0.0697. The molecule has 0 aliphatic heterocycles. The first-order valence-corrected chi connectivity index (χ1v) is 6.84. The van der Waals surface area contributed by atoms with Gasteiger partial charge in [-0.25, -0.2) is 4.79 Å². The molecule has 0 saturated heterocycles. The molecule has 0 aliphatic carbocycles. The zero-order chi connectivity index (χ0) is 13.8. The van der Waals surface area contributed by atoms with Crippen LogP contribution in [0.15, 0.2) is 24.3 Å². The molecule has 0 heterocycles. The fraction of sp³-hybridized carbons (Fsp3) is 0.364. The van der Waals surface area contributed by atoms with Crippen LogP contribution in [0.5, 0.6) is 0 Å². The molecule has 2 N–H and O–H groups in total. The monoisotopic (exact) mass is 272 g/mol. The SMILES string of the molecule is CCN(C)S(=O)(=O)NCc1ccc(C(=O)O)cc1. The van der Waals surface area contributed by atoms with Crippen LogP contribution >= 0.6 is 0 Å². The van der Waals surface area contributed by atoms with Crippen molar-refractivity contribution in [3.8, 4) is 0 Å². The van der Waals surface area contributed by atoms with Crippen LogP contribution < -0.4 is 4.72 Å². The maximum atomic E-state index is 11.6. The Balaban J connectivity index is 2.67. The van der Waals surface area contributed by atoms with Crippen molar-refractivity contribution in [2.24, 2.45) is 0 Å². The van der Waals surface area contributed by atoms with E-state index in [0.717, 1.165) is 0 Å². The topological polar surface area (TPSA) is 86.7 Å². The van der Waals surface area contributed by atoms with Gasteiger partial charge in [-0.05, 0) is 17.7 Å². The smallest absolute Gasteiger partial charge is 0.335 e. The second-order valence-electron chi connectivity index (χ2n) is 3.74. The molecule has 7 heteroatoms. The van der Waals surface area contributed by atoms with Crippen LogP contribution in [0, 0.1) is 0 Å². The quantitative estimate of drug-likeness (QED) is 0.797. The van der Waals surface area contributed by atoms with Gasteiger partial charge in [0.25, 0.3) is 10.2 Å². The summed E-state index contributed by atoms with van der Waals surface area (Å²) in [6.07, 6.45) is 0. The summed E-state index contributed by atoms with van der Waals surface area (Å²) < 4.78 is 26.9. The van der Waals surface area contributed by atoms with Crippen LogP contribution in [-0.4, -0.2) is 37.4 Å². The lowest BCUT2D eigenvalue weighted by atomic mass is 10.1. The number of rotatable bonds is 6. The van der Waals surface area contributed by atoms with Gasteiger partial charge in [-0.1, -0.05) is 19.1 Å². The van der Waals surface area contributed by atoms with Crippen molar-refractivity contribution >= 4 is 16.2 Å². The molecule has 0 radical (unpaired) electrons. The van der Waals surface area contributed by atoms with Crippen molar-refractivity contribution in [2.45, 2.75) is 13.5 Å². The summed E-state index contributed by atoms with van der Waals surface area (Å²) in [5, 5.41) is 8.72. The molecule has 6 nitrogen and oxygen atoms in total. The maximum Gasteiger partial charge on any atom is 0.335 e. The Kier molecular flexibility index (Phi) is 4.83. The Morgan fingerprint density at radius 1 is 1.33 bits per heavy atom. The number of carbonyl (C=O) groups is 1. The molecular formula is C11H16N2O4S. The van der Waals surface area contributed by atoms with Crippen molar-refractivity contribution in [2.75, 3.05) is 13.6 Å². The van der Waals surface area contributed by atoms with E-state index in [4.69, 9.17) is 5.11 Å². The minimum atomic E-state index is -3.47. The largest absolute Gasteiger partial charge is 0.478 e. The fourth-order valence-corrected chi connectivity index (χ4v) is 2.13. The Bertz CT molecular complexity index is 510. The van der Waals surface area contributed by atoms with Crippen LogP contribution in [0.4, 0.5) is 0 Å². The van der Waals surface area contributed by atoms with Gasteiger partial charge in [-0.2, -0.15) is 17.4 Å². The third-order valence-corrected chi connectivity index (χ3v) is 4.10. The van der Waals surface area contributed by atoms with Crippen molar-refractivity contribution in [3.05, 3.63) is 35.4 Å². The van der Waals surface area contributed by atoms with Gasteiger partial charge in [0.1, 0.15) is 0 Å². The standard InChI is InChI=1S/C11H16N2O4S/c1-3-13(2)18(16,17)12-8-9-4-6-10(7-5-9)11(14)15/h4-7,12H,3,8H2,1-2H3,(H,14,15). The van der Waals surface area contributed by atoms with Crippen LogP contribution in [0.3, 0.4) is 0 Å². The normalized spacial score (nSPS) is 11.7. The van der Waals surface area contributed by atoms with Crippen molar-refractivity contribution in [1.29, 1.82) is 0 Å². The zero-order valence-electron chi connectivity index (χ0n) is 10.3. The van der Waals surface area contributed by atoms with Gasteiger partial charge >= 0.3 is 5.97 Å². The second kappa shape index (κ2) is 5.94. The average Bonchev–Trinajstić information content (AvgIpc) is 2.35. The van der Waals surface area contributed by atoms with Gasteiger partial charge in [0.05, 0.1) is 5.56 Å². The minimum absolute atomic E-state index is 0.132. The number of benzene rings is 1. The fourth-order valence-electron chi connectivity index (χ4n) is 1.22. The van der Waals surface area contributed by atoms with E-state index >= 15 is 0 Å². The van der Waals surface area contributed by atoms with E-state index in [1.807, 2.05) is 0 Å². The van der Waals surface area contributed by atoms with E-state index in [2.05, 4.69) is 4.72 Å². The zero-order valence-corrected chi connectivity index (χ0v) is 11.1. The van der Waals surface area contributed by atoms with Crippen LogP contribution in [0.2, 0.25) is 0 Å². The molecule has 0 atom stereocenters. The number of carboxylic acids is 1. The van der Waals surface area contributed by atoms with Gasteiger partial charge in [0.2, 0.25) is 0 Å². The Hall–Kier alpha value is -1.44. The molecule has 0 aromatic heterocycles. The third kappa shape index (κ3) is 3.80. The number of hydrogen-bond donors (Lipinski definition) is 2. The molecule has 1 aromatic rings. The first-order valence-electron chi connectivity index (χ1n) is 5.40. The Morgan fingerprint density at radius 3 is 2.33 bits per heavy atom. The Labute approximate surface area is 106 Å². The van der Waals surface area contributed by atoms with Gasteiger partial charge in [0.15, 0.2) is 0 Å². The maximum absolute atomic E-state index is 11.6. The van der Waals surface area contributed by atoms with E-state index in [1.165, 1.54) is 23.5 Å². The predicted octanol–water partition coefficient (Wildman–Crippen LogP) is 0.671. The number of hydrogen-bond acceptors (Lipinski definition) is 3. The highest BCUT2D eigenvalue weighted by Crippen LogP contribution is 2.05. The summed E-state index contributed by atoms with van der Waals surface area (Å²) in [5.74, 6) is -1.01. The van der Waals surface area contributed by atoms with Crippen molar-refractivity contribution < 1.29 is 18.3 Å². The predicted molar refractivity (Wildman–Crippen MR) is 67.5 cm³/mol. The average molecular weight is 272 g/mol. The molecule has 18 heavy (non-hydrogen) atoms. The van der Waals surface area contributed by atoms with Crippen LogP contribution in [-0.2, 0) is 16.8 Å². The first-order chi connectivity index (χ1) is 8.36. The molecule has 0 saturated carbocycles. The lowest BCUT2D eigenvalue weighted by Crippen LogP contribution is -2.37. The highest BCUT2D eigenvalue weighted by molar-refractivity contribution is 7.87. The summed E-state index contributed by atoms with van der Waals surface area (Å²) in [4.78, 5) is 10.6. The summed E-state index contributed by atoms with van der Waals surface area (Å²) in [7, 11) is -1.99. The number of nitrogens with zero attached hydrogens (tertiary/aromatic N) is 1. The lowest BCUT2D eigenvalue weighted by Gasteiger charge is -2.15. The van der Waals surface area contributed by atoms with E-state index < -0.39 is 16.2 Å². The molecular weight excluding hydrogens is 256 g/mol. The molecule has 0 amide bonds. The van der Waals surface area contributed by atoms with Gasteiger partial charge in [-0.15, -0.1) is 0 Å². The number of aromatic carboxylic acids is 1. The minimum Gasteiger partial charge on any atom is -0.478 e. The molecule has 1 aromatic carbocycles. The molecule has 0 spiro atoms. The molecule has 100 valence electrons. The van der Waals surface area contributed by atoms with E-state index in [9.17, 15) is 13.2 Å². The van der Waals surface area contributed by atoms with Crippen LogP contribution in [0.1, 0.15) is 22.8 Å². The van der Waals surface area contributed by atoms with Gasteiger partial charge < -0.3 is 5.11 Å². The number of nitrogens with one attached hydrogen (secondary N) is 1. The van der Waals surface area contributed by atoms with Crippen molar-refractivity contribution in [1.82, 2.24) is 9.03 Å². The van der Waals surface area contributed by atoms with E-state index in [-0.39, 0.29) is 12.1 Å². The van der Waals surface area contributed by atoms with Gasteiger partial charge in [-0.3, -0.25) is 0 Å². The molecule has 0 bridgehead atoms. The first kappa shape index (κ1) is 14.6. The summed E-state index contributed by atoms with van der Waals surface area (Å²) >= 11 is 0. The molecule has 0 unspecified atom stereocenters. The third-order valence-electron chi connectivity index (χ3n) is 2.52. The summed E-state index contributed by atoms with van der Waals surface area (Å²) in [5.41, 5.74) is 0.875. The second-order valence-corrected chi connectivity index (χ2v) is 5.60. The Morgan fingerprint density at radius 2 is 1.89 bits per heavy atom. The molecule has 0 fully saturated rings.